The van der Waals surface area contributed by atoms with Gasteiger partial charge in [-0.25, -0.2) is 4.63 Å². The Bertz CT molecular complexity index is 1200. The maximum absolute atomic E-state index is 9.81. The number of phenols is 1. The molecule has 2 heterocycles. The predicted octanol–water partition coefficient (Wildman–Crippen LogP) is 4.44. The van der Waals surface area contributed by atoms with Crippen LogP contribution in [0.5, 0.6) is 5.75 Å². The van der Waals surface area contributed by atoms with Crippen molar-refractivity contribution in [3.05, 3.63) is 56.5 Å². The average molecular weight is 534 g/mol. The highest BCUT2D eigenvalue weighted by Crippen LogP contribution is 2.32. The molecule has 0 unspecified atom stereocenters. The summed E-state index contributed by atoms with van der Waals surface area (Å²) < 4.78 is 5.77. The summed E-state index contributed by atoms with van der Waals surface area (Å²) in [6.45, 7) is 2.01. The summed E-state index contributed by atoms with van der Waals surface area (Å²) >= 11 is 6.57. The molecule has 0 saturated heterocycles. The number of phenolic OH excluding ortho intramolecular Hbond substituents is 1. The number of hydrazone groups is 1. The molecule has 0 aliphatic rings. The molecule has 0 atom stereocenters. The van der Waals surface area contributed by atoms with Gasteiger partial charge in [0.1, 0.15) is 5.75 Å². The highest BCUT2D eigenvalue weighted by molar-refractivity contribution is 9.11. The highest BCUT2D eigenvalue weighted by atomic mass is 79.9. The zero-order valence-corrected chi connectivity index (χ0v) is 18.6. The molecule has 0 aliphatic carbocycles. The van der Waals surface area contributed by atoms with Crippen molar-refractivity contribution in [1.82, 2.24) is 20.3 Å². The third kappa shape index (κ3) is 4.49. The number of aromatic nitrogens is 4. The number of aryl methyl sites for hydroxylation is 1. The van der Waals surface area contributed by atoms with Gasteiger partial charge in [0.05, 0.1) is 20.8 Å². The van der Waals surface area contributed by atoms with Crippen LogP contribution < -0.4 is 16.3 Å². The summed E-state index contributed by atoms with van der Waals surface area (Å²) in [7, 11) is 0. The standard InChI is InChI=1S/C18H14Br2N8O2/c1-9-2-4-11(5-3-9)24-26-16-15(22-17-18(23-16)28-30-27-17)25-21-8-10-6-12(19)14(29)13(20)7-10/h2-8,24,29H,1H3,(H,22,25,27)(H,23,26,28)/b21-8+. The van der Waals surface area contributed by atoms with Gasteiger partial charge >= 0.3 is 0 Å². The smallest absolute Gasteiger partial charge is 0.245 e. The van der Waals surface area contributed by atoms with Gasteiger partial charge < -0.3 is 5.11 Å². The van der Waals surface area contributed by atoms with Gasteiger partial charge in [0, 0.05) is 0 Å². The molecule has 0 aliphatic heterocycles. The minimum atomic E-state index is 0.114. The van der Waals surface area contributed by atoms with E-state index in [0.717, 1.165) is 16.8 Å². The van der Waals surface area contributed by atoms with Crippen LogP contribution in [0.25, 0.3) is 11.3 Å². The fourth-order valence-corrected chi connectivity index (χ4v) is 3.62. The largest absolute Gasteiger partial charge is 0.506 e. The second kappa shape index (κ2) is 8.63. The zero-order chi connectivity index (χ0) is 21.1. The van der Waals surface area contributed by atoms with Gasteiger partial charge in [0.25, 0.3) is 0 Å². The molecule has 12 heteroatoms. The number of nitrogens with zero attached hydrogens (tertiary/aromatic N) is 5. The summed E-state index contributed by atoms with van der Waals surface area (Å²) in [5.74, 6) is 0.776. The van der Waals surface area contributed by atoms with Gasteiger partial charge in [-0.15, -0.1) is 0 Å². The van der Waals surface area contributed by atoms with E-state index in [-0.39, 0.29) is 17.0 Å². The second-order valence-electron chi connectivity index (χ2n) is 6.15. The zero-order valence-electron chi connectivity index (χ0n) is 15.4. The van der Waals surface area contributed by atoms with E-state index in [9.17, 15) is 5.11 Å². The van der Waals surface area contributed by atoms with Crippen LogP contribution in [0.2, 0.25) is 0 Å². The van der Waals surface area contributed by atoms with Gasteiger partial charge in [0.2, 0.25) is 11.3 Å². The molecule has 0 fully saturated rings. The van der Waals surface area contributed by atoms with Crippen LogP contribution in [-0.4, -0.2) is 31.6 Å². The first kappa shape index (κ1) is 20.0. The van der Waals surface area contributed by atoms with Gasteiger partial charge in [0.15, 0.2) is 11.6 Å². The Morgan fingerprint density at radius 1 is 0.967 bits per heavy atom. The lowest BCUT2D eigenvalue weighted by Gasteiger charge is -2.11. The van der Waals surface area contributed by atoms with Crippen molar-refractivity contribution in [3.8, 4) is 5.75 Å². The molecule has 4 aromatic rings. The van der Waals surface area contributed by atoms with E-state index in [2.05, 4.69) is 78.1 Å². The van der Waals surface area contributed by atoms with E-state index in [1.54, 1.807) is 18.3 Å². The number of hydrazine groups is 1. The topological polar surface area (TPSA) is 133 Å². The average Bonchev–Trinajstić information content (AvgIpc) is 3.18. The van der Waals surface area contributed by atoms with Crippen LogP contribution in [0, 0.1) is 6.92 Å². The van der Waals surface area contributed by atoms with Crippen molar-refractivity contribution in [2.45, 2.75) is 6.92 Å². The van der Waals surface area contributed by atoms with Crippen molar-refractivity contribution in [3.63, 3.8) is 0 Å². The number of rotatable bonds is 6. The molecule has 0 amide bonds. The lowest BCUT2D eigenvalue weighted by molar-refractivity contribution is 0.314. The van der Waals surface area contributed by atoms with Gasteiger partial charge in [-0.1, -0.05) is 17.7 Å². The van der Waals surface area contributed by atoms with E-state index < -0.39 is 0 Å². The van der Waals surface area contributed by atoms with E-state index in [4.69, 9.17) is 0 Å². The molecular weight excluding hydrogens is 520 g/mol. The molecule has 0 radical (unpaired) electrons. The van der Waals surface area contributed by atoms with Crippen LogP contribution in [-0.2, 0) is 0 Å². The van der Waals surface area contributed by atoms with Gasteiger partial charge in [-0.05, 0) is 78.9 Å². The molecule has 152 valence electrons. The third-order valence-electron chi connectivity index (χ3n) is 3.91. The Morgan fingerprint density at radius 3 is 2.27 bits per heavy atom. The minimum absolute atomic E-state index is 0.114. The molecule has 4 N–H and O–H groups in total. The first-order chi connectivity index (χ1) is 14.5. The number of halogens is 2. The van der Waals surface area contributed by atoms with Crippen molar-refractivity contribution in [2.24, 2.45) is 5.10 Å². The lowest BCUT2D eigenvalue weighted by atomic mass is 10.2. The Balaban J connectivity index is 1.56. The quantitative estimate of drug-likeness (QED) is 0.209. The number of nitrogens with one attached hydrogen (secondary N) is 3. The number of fused-ring (bicyclic) bond motifs is 1. The maximum Gasteiger partial charge on any atom is 0.245 e. The Labute approximate surface area is 187 Å². The number of hydrogen-bond donors (Lipinski definition) is 4. The lowest BCUT2D eigenvalue weighted by Crippen LogP contribution is -2.13. The highest BCUT2D eigenvalue weighted by Gasteiger charge is 2.12. The van der Waals surface area contributed by atoms with Crippen molar-refractivity contribution in [2.75, 3.05) is 16.3 Å². The maximum atomic E-state index is 9.81. The summed E-state index contributed by atoms with van der Waals surface area (Å²) in [6.07, 6.45) is 1.57. The van der Waals surface area contributed by atoms with E-state index in [1.165, 1.54) is 0 Å². The SMILES string of the molecule is Cc1ccc(NNc2nc3nonc3nc2N/N=C/c2cc(Br)c(O)c(Br)c2)cc1. The molecule has 4 rings (SSSR count). The van der Waals surface area contributed by atoms with E-state index in [0.29, 0.717) is 20.6 Å². The fourth-order valence-electron chi connectivity index (χ4n) is 2.40. The number of benzene rings is 2. The van der Waals surface area contributed by atoms with Crippen LogP contribution >= 0.6 is 31.9 Å². The monoisotopic (exact) mass is 532 g/mol. The van der Waals surface area contributed by atoms with Crippen LogP contribution in [0.3, 0.4) is 0 Å². The van der Waals surface area contributed by atoms with Gasteiger partial charge in [-0.2, -0.15) is 15.1 Å². The van der Waals surface area contributed by atoms with E-state index >= 15 is 0 Å². The summed E-state index contributed by atoms with van der Waals surface area (Å²) in [5, 5.41) is 21.4. The number of hydrogen-bond acceptors (Lipinski definition) is 10. The van der Waals surface area contributed by atoms with Crippen molar-refractivity contribution >= 4 is 66.7 Å². The van der Waals surface area contributed by atoms with Crippen LogP contribution in [0.15, 0.2) is 55.1 Å². The summed E-state index contributed by atoms with van der Waals surface area (Å²) in [4.78, 5) is 8.67. The third-order valence-corrected chi connectivity index (χ3v) is 5.12. The molecule has 0 bridgehead atoms. The van der Waals surface area contributed by atoms with Crippen molar-refractivity contribution in [1.29, 1.82) is 0 Å². The first-order valence-electron chi connectivity index (χ1n) is 8.55. The van der Waals surface area contributed by atoms with E-state index in [1.807, 2.05) is 31.2 Å². The minimum Gasteiger partial charge on any atom is -0.506 e. The molecule has 30 heavy (non-hydrogen) atoms. The van der Waals surface area contributed by atoms with Crippen molar-refractivity contribution < 1.29 is 9.74 Å². The first-order valence-corrected chi connectivity index (χ1v) is 10.1. The molecule has 2 aromatic carbocycles. The van der Waals surface area contributed by atoms with Gasteiger partial charge in [-0.3, -0.25) is 16.3 Å². The number of aromatic hydroxyl groups is 1. The summed E-state index contributed by atoms with van der Waals surface area (Å²) in [5.41, 5.74) is 12.1. The second-order valence-corrected chi connectivity index (χ2v) is 7.86. The number of anilines is 3. The fraction of sp³-hybridized carbons (Fsp3) is 0.0556. The Morgan fingerprint density at radius 2 is 1.60 bits per heavy atom. The Kier molecular flexibility index (Phi) is 5.77. The molecule has 0 saturated carbocycles. The molecule has 10 nitrogen and oxygen atoms in total. The molecule has 2 aromatic heterocycles. The normalized spacial score (nSPS) is 11.2. The predicted molar refractivity (Wildman–Crippen MR) is 121 cm³/mol. The van der Waals surface area contributed by atoms with Crippen LogP contribution in [0.4, 0.5) is 17.3 Å². The molecular formula is C18H14Br2N8O2. The Hall–Kier alpha value is -3.25. The molecule has 0 spiro atoms. The van der Waals surface area contributed by atoms with Crippen LogP contribution in [0.1, 0.15) is 11.1 Å². The summed E-state index contributed by atoms with van der Waals surface area (Å²) in [6, 6.07) is 11.3.